The van der Waals surface area contributed by atoms with Crippen LogP contribution >= 0.6 is 15.9 Å². The summed E-state index contributed by atoms with van der Waals surface area (Å²) in [4.78, 5) is 11.1. The maximum Gasteiger partial charge on any atom is 0.309 e. The highest BCUT2D eigenvalue weighted by Crippen LogP contribution is 2.34. The summed E-state index contributed by atoms with van der Waals surface area (Å²) < 4.78 is 6.57. The molecule has 4 heteroatoms. The summed E-state index contributed by atoms with van der Waals surface area (Å²) in [6.07, 6.45) is 1.21. The number of carbonyl (C=O) groups is 1. The zero-order chi connectivity index (χ0) is 11.5. The minimum Gasteiger partial charge on any atom is -0.481 e. The summed E-state index contributed by atoms with van der Waals surface area (Å²) in [5.74, 6) is -1.19. The molecule has 1 aromatic carbocycles. The van der Waals surface area contributed by atoms with Gasteiger partial charge in [-0.1, -0.05) is 28.1 Å². The van der Waals surface area contributed by atoms with Crippen molar-refractivity contribution in [3.05, 3.63) is 34.3 Å². The highest BCUT2D eigenvalue weighted by atomic mass is 79.9. The number of benzene rings is 1. The van der Waals surface area contributed by atoms with Crippen LogP contribution in [0, 0.1) is 5.92 Å². The summed E-state index contributed by atoms with van der Waals surface area (Å²) in [6, 6.07) is 7.64. The van der Waals surface area contributed by atoms with Gasteiger partial charge in [0.25, 0.3) is 0 Å². The average Bonchev–Trinajstić information content (AvgIpc) is 2.30. The molecular weight excluding hydrogens is 272 g/mol. The Morgan fingerprint density at radius 2 is 2.06 bits per heavy atom. The van der Waals surface area contributed by atoms with Crippen molar-refractivity contribution in [3.63, 3.8) is 0 Å². The molecule has 2 atom stereocenters. The molecule has 0 aliphatic carbocycles. The number of carboxylic acid groups (broad SMARTS) is 1. The van der Waals surface area contributed by atoms with Crippen LogP contribution in [-0.4, -0.2) is 17.7 Å². The lowest BCUT2D eigenvalue weighted by molar-refractivity contribution is -0.151. The third-order valence-corrected chi connectivity index (χ3v) is 3.37. The lowest BCUT2D eigenvalue weighted by Crippen LogP contribution is -2.28. The molecule has 0 bridgehead atoms. The number of carboxylic acids is 1. The van der Waals surface area contributed by atoms with Crippen molar-refractivity contribution >= 4 is 21.9 Å². The minimum atomic E-state index is -0.771. The van der Waals surface area contributed by atoms with E-state index in [0.717, 1.165) is 16.5 Å². The number of rotatable bonds is 2. The first-order valence-corrected chi connectivity index (χ1v) is 6.07. The molecule has 1 aromatic rings. The molecule has 1 heterocycles. The van der Waals surface area contributed by atoms with Gasteiger partial charge in [-0.25, -0.2) is 0 Å². The Labute approximate surface area is 103 Å². The van der Waals surface area contributed by atoms with E-state index in [1.165, 1.54) is 0 Å². The number of hydrogen-bond acceptors (Lipinski definition) is 2. The fraction of sp³-hybridized carbons (Fsp3) is 0.417. The van der Waals surface area contributed by atoms with E-state index in [2.05, 4.69) is 15.9 Å². The van der Waals surface area contributed by atoms with Crippen LogP contribution < -0.4 is 0 Å². The topological polar surface area (TPSA) is 46.5 Å². The Morgan fingerprint density at radius 3 is 2.69 bits per heavy atom. The monoisotopic (exact) mass is 284 g/mol. The van der Waals surface area contributed by atoms with Gasteiger partial charge in [0, 0.05) is 11.1 Å². The van der Waals surface area contributed by atoms with E-state index >= 15 is 0 Å². The molecule has 3 nitrogen and oxygen atoms in total. The van der Waals surface area contributed by atoms with Gasteiger partial charge >= 0.3 is 5.97 Å². The summed E-state index contributed by atoms with van der Waals surface area (Å²) in [5, 5.41) is 9.14. The van der Waals surface area contributed by atoms with E-state index in [9.17, 15) is 4.79 Å². The van der Waals surface area contributed by atoms with Gasteiger partial charge in [-0.2, -0.15) is 0 Å². The molecule has 1 N–H and O–H groups in total. The van der Waals surface area contributed by atoms with E-state index in [-0.39, 0.29) is 6.10 Å². The SMILES string of the molecule is O=C(O)[C@H]1CCCO[C@@H]1c1ccc(Br)cc1. The van der Waals surface area contributed by atoms with Crippen LogP contribution in [0.1, 0.15) is 24.5 Å². The largest absolute Gasteiger partial charge is 0.481 e. The molecule has 0 aromatic heterocycles. The van der Waals surface area contributed by atoms with Crippen molar-refractivity contribution in [2.45, 2.75) is 18.9 Å². The predicted molar refractivity (Wildman–Crippen MR) is 63.2 cm³/mol. The standard InChI is InChI=1S/C12H13BrO3/c13-9-5-3-8(4-6-9)11-10(12(14)15)2-1-7-16-11/h3-6,10-11H,1-2,7H2,(H,14,15)/t10-,11+/m0/s1. The molecule has 0 unspecified atom stereocenters. The van der Waals surface area contributed by atoms with Gasteiger partial charge in [-0.05, 0) is 30.5 Å². The van der Waals surface area contributed by atoms with Crippen LogP contribution in [0.2, 0.25) is 0 Å². The number of aliphatic carboxylic acids is 1. The van der Waals surface area contributed by atoms with Crippen molar-refractivity contribution in [1.29, 1.82) is 0 Å². The lowest BCUT2D eigenvalue weighted by Gasteiger charge is -2.29. The highest BCUT2D eigenvalue weighted by molar-refractivity contribution is 9.10. The van der Waals surface area contributed by atoms with E-state index in [4.69, 9.17) is 9.84 Å². The van der Waals surface area contributed by atoms with E-state index in [1.54, 1.807) is 0 Å². The Kier molecular flexibility index (Phi) is 3.61. The van der Waals surface area contributed by atoms with E-state index in [0.29, 0.717) is 13.0 Å². The maximum absolute atomic E-state index is 11.1. The van der Waals surface area contributed by atoms with E-state index in [1.807, 2.05) is 24.3 Å². The molecule has 1 saturated heterocycles. The van der Waals surface area contributed by atoms with Gasteiger partial charge < -0.3 is 9.84 Å². The Bertz CT molecular complexity index is 374. The summed E-state index contributed by atoms with van der Waals surface area (Å²) in [7, 11) is 0. The second-order valence-corrected chi connectivity index (χ2v) is 4.85. The minimum absolute atomic E-state index is 0.306. The second-order valence-electron chi connectivity index (χ2n) is 3.93. The number of ether oxygens (including phenoxy) is 1. The zero-order valence-corrected chi connectivity index (χ0v) is 10.3. The highest BCUT2D eigenvalue weighted by Gasteiger charge is 2.32. The van der Waals surface area contributed by atoms with Gasteiger partial charge in [-0.3, -0.25) is 4.79 Å². The molecule has 1 fully saturated rings. The first-order valence-electron chi connectivity index (χ1n) is 5.28. The van der Waals surface area contributed by atoms with Gasteiger partial charge in [0.05, 0.1) is 12.0 Å². The fourth-order valence-corrected chi connectivity index (χ4v) is 2.28. The normalized spacial score (nSPS) is 25.3. The Hall–Kier alpha value is -0.870. The predicted octanol–water partition coefficient (Wildman–Crippen LogP) is 3.00. The van der Waals surface area contributed by atoms with Crippen LogP contribution in [0.25, 0.3) is 0 Å². The van der Waals surface area contributed by atoms with Gasteiger partial charge in [0.1, 0.15) is 0 Å². The lowest BCUT2D eigenvalue weighted by atomic mass is 9.90. The number of halogens is 1. The van der Waals surface area contributed by atoms with Crippen molar-refractivity contribution in [2.75, 3.05) is 6.61 Å². The molecule has 1 aliphatic rings. The van der Waals surface area contributed by atoms with Crippen molar-refractivity contribution in [3.8, 4) is 0 Å². The van der Waals surface area contributed by atoms with Crippen molar-refractivity contribution in [2.24, 2.45) is 5.92 Å². The molecule has 0 saturated carbocycles. The summed E-state index contributed by atoms with van der Waals surface area (Å²) in [5.41, 5.74) is 0.940. The molecular formula is C12H13BrO3. The molecule has 2 rings (SSSR count). The molecule has 0 spiro atoms. The van der Waals surface area contributed by atoms with Crippen molar-refractivity contribution in [1.82, 2.24) is 0 Å². The van der Waals surface area contributed by atoms with E-state index < -0.39 is 11.9 Å². The number of hydrogen-bond donors (Lipinski definition) is 1. The van der Waals surface area contributed by atoms with Crippen LogP contribution in [0.15, 0.2) is 28.7 Å². The Balaban J connectivity index is 2.23. The summed E-state index contributed by atoms with van der Waals surface area (Å²) in [6.45, 7) is 0.643. The maximum atomic E-state index is 11.1. The summed E-state index contributed by atoms with van der Waals surface area (Å²) >= 11 is 3.36. The molecule has 0 amide bonds. The fourth-order valence-electron chi connectivity index (χ4n) is 2.02. The molecule has 1 aliphatic heterocycles. The first kappa shape index (κ1) is 11.6. The average molecular weight is 285 g/mol. The van der Waals surface area contributed by atoms with Crippen LogP contribution in [0.5, 0.6) is 0 Å². The van der Waals surface area contributed by atoms with Crippen LogP contribution in [-0.2, 0) is 9.53 Å². The van der Waals surface area contributed by atoms with Crippen LogP contribution in [0.4, 0.5) is 0 Å². The van der Waals surface area contributed by atoms with Crippen LogP contribution in [0.3, 0.4) is 0 Å². The van der Waals surface area contributed by atoms with Gasteiger partial charge in [0.2, 0.25) is 0 Å². The van der Waals surface area contributed by atoms with Gasteiger partial charge in [0.15, 0.2) is 0 Å². The third-order valence-electron chi connectivity index (χ3n) is 2.84. The molecule has 16 heavy (non-hydrogen) atoms. The molecule has 86 valence electrons. The van der Waals surface area contributed by atoms with Gasteiger partial charge in [-0.15, -0.1) is 0 Å². The molecule has 0 radical (unpaired) electrons. The smallest absolute Gasteiger partial charge is 0.309 e. The van der Waals surface area contributed by atoms with Crippen molar-refractivity contribution < 1.29 is 14.6 Å². The zero-order valence-electron chi connectivity index (χ0n) is 8.73. The first-order chi connectivity index (χ1) is 7.68. The second kappa shape index (κ2) is 4.97. The Morgan fingerprint density at radius 1 is 1.38 bits per heavy atom. The third kappa shape index (κ3) is 2.44. The quantitative estimate of drug-likeness (QED) is 0.908.